The first kappa shape index (κ1) is 19.2. The van der Waals surface area contributed by atoms with E-state index in [9.17, 15) is 22.8 Å². The monoisotopic (exact) mass is 386 g/mol. The van der Waals surface area contributed by atoms with Crippen molar-refractivity contribution in [2.75, 3.05) is 31.1 Å². The maximum atomic E-state index is 13.0. The summed E-state index contributed by atoms with van der Waals surface area (Å²) >= 11 is 0. The summed E-state index contributed by atoms with van der Waals surface area (Å²) in [5.74, 6) is -4.34. The average molecular weight is 386 g/mol. The Hall–Kier alpha value is -2.52. The van der Waals surface area contributed by atoms with Crippen LogP contribution in [0.1, 0.15) is 12.8 Å². The van der Waals surface area contributed by atoms with Crippen molar-refractivity contribution in [1.82, 2.24) is 15.2 Å². The van der Waals surface area contributed by atoms with E-state index in [1.165, 1.54) is 0 Å². The zero-order valence-electron chi connectivity index (χ0n) is 14.5. The van der Waals surface area contributed by atoms with Crippen LogP contribution in [0.15, 0.2) is 24.4 Å². The van der Waals surface area contributed by atoms with Gasteiger partial charge in [-0.15, -0.1) is 0 Å². The normalized spacial score (nSPS) is 24.1. The molecule has 10 heteroatoms. The van der Waals surface area contributed by atoms with E-state index in [0.717, 1.165) is 10.7 Å². The minimum atomic E-state index is -4.65. The van der Waals surface area contributed by atoms with Crippen LogP contribution in [0.2, 0.25) is 0 Å². The van der Waals surface area contributed by atoms with Gasteiger partial charge in [0.05, 0.1) is 11.8 Å². The molecule has 0 saturated carbocycles. The first-order chi connectivity index (χ1) is 12.8. The molecule has 1 aromatic heterocycles. The van der Waals surface area contributed by atoms with E-state index in [-0.39, 0.29) is 6.04 Å². The van der Waals surface area contributed by atoms with E-state index in [1.54, 1.807) is 6.20 Å². The summed E-state index contributed by atoms with van der Waals surface area (Å²) in [6.07, 6.45) is -1.67. The zero-order chi connectivity index (χ0) is 19.6. The lowest BCUT2D eigenvalue weighted by Gasteiger charge is -2.34. The van der Waals surface area contributed by atoms with Crippen LogP contribution in [0.5, 0.6) is 0 Å². The number of hydrogen-bond donors (Lipinski definition) is 2. The standard InChI is InChI=1S/C17H21F3N4O3/c18-17(19,20)13-10-24(9-12(13)15(25)26)16(27)22-11-4-7-23(8-5-11)14-3-1-2-6-21-14/h1-3,6,11-13H,4-5,7-10H2,(H,22,27)(H,25,26)/t12-,13-/m1/s1. The van der Waals surface area contributed by atoms with E-state index >= 15 is 0 Å². The van der Waals surface area contributed by atoms with Crippen molar-refractivity contribution in [3.63, 3.8) is 0 Å². The molecule has 2 saturated heterocycles. The van der Waals surface area contributed by atoms with E-state index in [4.69, 9.17) is 5.11 Å². The highest BCUT2D eigenvalue weighted by Gasteiger charge is 2.53. The number of carboxylic acids is 1. The minimum Gasteiger partial charge on any atom is -0.481 e. The van der Waals surface area contributed by atoms with Crippen molar-refractivity contribution in [3.05, 3.63) is 24.4 Å². The molecule has 2 aliphatic rings. The van der Waals surface area contributed by atoms with Crippen molar-refractivity contribution >= 4 is 17.8 Å². The quantitative estimate of drug-likeness (QED) is 0.830. The number of carbonyl (C=O) groups excluding carboxylic acids is 1. The SMILES string of the molecule is O=C(O)[C@@H]1CN(C(=O)NC2CCN(c3ccccn3)CC2)C[C@H]1C(F)(F)F. The molecule has 2 aliphatic heterocycles. The van der Waals surface area contributed by atoms with E-state index < -0.39 is 43.1 Å². The summed E-state index contributed by atoms with van der Waals surface area (Å²) in [6.45, 7) is 0.285. The Labute approximate surface area is 154 Å². The minimum absolute atomic E-state index is 0.161. The molecule has 3 heterocycles. The maximum absolute atomic E-state index is 13.0. The summed E-state index contributed by atoms with van der Waals surface area (Å²) in [6, 6.07) is 4.81. The number of nitrogens with zero attached hydrogens (tertiary/aromatic N) is 3. The molecular weight excluding hydrogens is 365 g/mol. The number of aliphatic carboxylic acids is 1. The number of hydrogen-bond acceptors (Lipinski definition) is 4. The highest BCUT2D eigenvalue weighted by molar-refractivity contribution is 5.78. The van der Waals surface area contributed by atoms with Gasteiger partial charge in [-0.1, -0.05) is 6.07 Å². The Bertz CT molecular complexity index is 678. The molecule has 2 atom stereocenters. The van der Waals surface area contributed by atoms with Gasteiger partial charge in [-0.05, 0) is 25.0 Å². The lowest BCUT2D eigenvalue weighted by molar-refractivity contribution is -0.187. The van der Waals surface area contributed by atoms with Gasteiger partial charge in [0.15, 0.2) is 0 Å². The number of halogens is 3. The molecule has 2 amide bonds. The van der Waals surface area contributed by atoms with Crippen LogP contribution in [0.3, 0.4) is 0 Å². The van der Waals surface area contributed by atoms with Gasteiger partial charge in [-0.3, -0.25) is 4.79 Å². The molecule has 148 valence electrons. The van der Waals surface area contributed by atoms with E-state index in [1.807, 2.05) is 18.2 Å². The zero-order valence-corrected chi connectivity index (χ0v) is 14.5. The number of aromatic nitrogens is 1. The average Bonchev–Trinajstić information content (AvgIpc) is 3.09. The smallest absolute Gasteiger partial charge is 0.394 e. The Kier molecular flexibility index (Phi) is 5.43. The van der Waals surface area contributed by atoms with Gasteiger partial charge in [0.2, 0.25) is 0 Å². The second-order valence-electron chi connectivity index (χ2n) is 6.90. The lowest BCUT2D eigenvalue weighted by atomic mass is 9.96. The van der Waals surface area contributed by atoms with Crippen LogP contribution in [0, 0.1) is 11.8 Å². The summed E-state index contributed by atoms with van der Waals surface area (Å²) in [5, 5.41) is 11.8. The number of carbonyl (C=O) groups is 2. The number of alkyl halides is 3. The maximum Gasteiger partial charge on any atom is 0.394 e. The molecular formula is C17H21F3N4O3. The third kappa shape index (κ3) is 4.42. The third-order valence-corrected chi connectivity index (χ3v) is 5.14. The molecule has 0 radical (unpaired) electrons. The number of anilines is 1. The van der Waals surface area contributed by atoms with Gasteiger partial charge < -0.3 is 20.2 Å². The summed E-state index contributed by atoms with van der Waals surface area (Å²) in [7, 11) is 0. The summed E-state index contributed by atoms with van der Waals surface area (Å²) in [5.41, 5.74) is 0. The molecule has 0 spiro atoms. The van der Waals surface area contributed by atoms with Gasteiger partial charge in [0, 0.05) is 38.4 Å². The van der Waals surface area contributed by atoms with Crippen LogP contribution in [-0.4, -0.2) is 65.4 Å². The third-order valence-electron chi connectivity index (χ3n) is 5.14. The number of amides is 2. The van der Waals surface area contributed by atoms with Gasteiger partial charge in [0.25, 0.3) is 0 Å². The highest BCUT2D eigenvalue weighted by Crippen LogP contribution is 2.37. The fraction of sp³-hybridized carbons (Fsp3) is 0.588. The predicted octanol–water partition coefficient (Wildman–Crippen LogP) is 1.95. The molecule has 27 heavy (non-hydrogen) atoms. The molecule has 0 bridgehead atoms. The molecule has 2 fully saturated rings. The molecule has 0 aliphatic carbocycles. The van der Waals surface area contributed by atoms with Gasteiger partial charge in [0.1, 0.15) is 5.82 Å². The Morgan fingerprint density at radius 2 is 1.89 bits per heavy atom. The van der Waals surface area contributed by atoms with Crippen LogP contribution in [0.4, 0.5) is 23.8 Å². The summed E-state index contributed by atoms with van der Waals surface area (Å²) < 4.78 is 39.1. The molecule has 1 aromatic rings. The topological polar surface area (TPSA) is 85.8 Å². The van der Waals surface area contributed by atoms with Crippen molar-refractivity contribution in [2.45, 2.75) is 25.1 Å². The fourth-order valence-corrected chi connectivity index (χ4v) is 3.61. The predicted molar refractivity (Wildman–Crippen MR) is 90.2 cm³/mol. The molecule has 3 rings (SSSR count). The van der Waals surface area contributed by atoms with Crippen molar-refractivity contribution in [3.8, 4) is 0 Å². The van der Waals surface area contributed by atoms with E-state index in [0.29, 0.717) is 25.9 Å². The van der Waals surface area contributed by atoms with Gasteiger partial charge in [-0.25, -0.2) is 9.78 Å². The Morgan fingerprint density at radius 1 is 1.19 bits per heavy atom. The number of piperidine rings is 1. The number of carboxylic acid groups (broad SMARTS) is 1. The van der Waals surface area contributed by atoms with Crippen molar-refractivity contribution < 1.29 is 27.9 Å². The number of urea groups is 1. The van der Waals surface area contributed by atoms with Gasteiger partial charge in [-0.2, -0.15) is 13.2 Å². The number of rotatable bonds is 3. The van der Waals surface area contributed by atoms with Gasteiger partial charge >= 0.3 is 18.2 Å². The lowest BCUT2D eigenvalue weighted by Crippen LogP contribution is -2.49. The highest BCUT2D eigenvalue weighted by atomic mass is 19.4. The molecule has 0 unspecified atom stereocenters. The fourth-order valence-electron chi connectivity index (χ4n) is 3.61. The van der Waals surface area contributed by atoms with Crippen LogP contribution < -0.4 is 10.2 Å². The van der Waals surface area contributed by atoms with Crippen LogP contribution in [-0.2, 0) is 4.79 Å². The second kappa shape index (κ2) is 7.61. The molecule has 2 N–H and O–H groups in total. The second-order valence-corrected chi connectivity index (χ2v) is 6.90. The number of likely N-dealkylation sites (tertiary alicyclic amines) is 1. The van der Waals surface area contributed by atoms with Crippen LogP contribution >= 0.6 is 0 Å². The molecule has 0 aromatic carbocycles. The number of nitrogens with one attached hydrogen (secondary N) is 1. The summed E-state index contributed by atoms with van der Waals surface area (Å²) in [4.78, 5) is 30.8. The van der Waals surface area contributed by atoms with Crippen molar-refractivity contribution in [2.24, 2.45) is 11.8 Å². The first-order valence-corrected chi connectivity index (χ1v) is 8.76. The molecule has 7 nitrogen and oxygen atoms in total. The van der Waals surface area contributed by atoms with Crippen LogP contribution in [0.25, 0.3) is 0 Å². The van der Waals surface area contributed by atoms with Crippen molar-refractivity contribution in [1.29, 1.82) is 0 Å². The first-order valence-electron chi connectivity index (χ1n) is 8.76. The Morgan fingerprint density at radius 3 is 2.41 bits per heavy atom. The number of pyridine rings is 1. The van der Waals surface area contributed by atoms with E-state index in [2.05, 4.69) is 15.2 Å². The Balaban J connectivity index is 1.53. The largest absolute Gasteiger partial charge is 0.481 e.